The fourth-order valence-electron chi connectivity index (χ4n) is 3.62. The van der Waals surface area contributed by atoms with Crippen molar-refractivity contribution in [3.05, 3.63) is 29.8 Å². The van der Waals surface area contributed by atoms with Crippen molar-refractivity contribution in [2.45, 2.75) is 51.1 Å². The number of hydrogen-bond acceptors (Lipinski definition) is 3. The van der Waals surface area contributed by atoms with E-state index in [4.69, 9.17) is 5.11 Å². The van der Waals surface area contributed by atoms with Crippen molar-refractivity contribution in [3.63, 3.8) is 0 Å². The van der Waals surface area contributed by atoms with Crippen molar-refractivity contribution in [3.8, 4) is 0 Å². The average Bonchev–Trinajstić information content (AvgIpc) is 3.02. The summed E-state index contributed by atoms with van der Waals surface area (Å²) in [4.78, 5) is 36.6. The predicted octanol–water partition coefficient (Wildman–Crippen LogP) is 2.57. The molecule has 0 unspecified atom stereocenters. The van der Waals surface area contributed by atoms with E-state index in [1.165, 1.54) is 0 Å². The zero-order chi connectivity index (χ0) is 18.5. The Bertz CT molecular complexity index is 666. The Morgan fingerprint density at radius 3 is 2.38 bits per heavy atom. The molecule has 7 heteroatoms. The molecule has 26 heavy (non-hydrogen) atoms. The normalized spacial score (nSPS) is 22.9. The summed E-state index contributed by atoms with van der Waals surface area (Å²) < 4.78 is 0. The van der Waals surface area contributed by atoms with Gasteiger partial charge in [-0.1, -0.05) is 12.1 Å². The van der Waals surface area contributed by atoms with E-state index in [-0.39, 0.29) is 23.9 Å². The molecule has 0 spiro atoms. The van der Waals surface area contributed by atoms with Crippen LogP contribution in [0.25, 0.3) is 0 Å². The van der Waals surface area contributed by atoms with E-state index in [0.29, 0.717) is 44.3 Å². The number of carboxylic acid groups (broad SMARTS) is 1. The number of amides is 3. The first-order valence-corrected chi connectivity index (χ1v) is 9.18. The number of benzene rings is 1. The summed E-state index contributed by atoms with van der Waals surface area (Å²) >= 11 is 0. The number of carbonyl (C=O) groups is 3. The Balaban J connectivity index is 1.44. The van der Waals surface area contributed by atoms with Crippen LogP contribution in [0.5, 0.6) is 0 Å². The highest BCUT2D eigenvalue weighted by Gasteiger charge is 2.26. The maximum Gasteiger partial charge on any atom is 0.319 e. The molecular formula is C19H25N3O4. The summed E-state index contributed by atoms with van der Waals surface area (Å²) in [6, 6.07) is 7.24. The van der Waals surface area contributed by atoms with Gasteiger partial charge in [0, 0.05) is 31.2 Å². The van der Waals surface area contributed by atoms with Crippen LogP contribution >= 0.6 is 0 Å². The van der Waals surface area contributed by atoms with Gasteiger partial charge in [0.2, 0.25) is 5.91 Å². The van der Waals surface area contributed by atoms with Crippen molar-refractivity contribution in [2.24, 2.45) is 5.92 Å². The van der Waals surface area contributed by atoms with E-state index in [0.717, 1.165) is 18.5 Å². The van der Waals surface area contributed by atoms with Crippen LogP contribution < -0.4 is 10.6 Å². The quantitative estimate of drug-likeness (QED) is 0.752. The Morgan fingerprint density at radius 2 is 1.81 bits per heavy atom. The minimum Gasteiger partial charge on any atom is -0.481 e. The standard InChI is InChI=1S/C19H25N3O4/c23-17-2-1-11-22(17)12-13-3-7-15(8-4-13)20-19(26)21-16-9-5-14(6-10-16)18(24)25/h3-4,7-8,14,16H,1-2,5-6,9-12H2,(H,24,25)(H2,20,21,26). The Morgan fingerprint density at radius 1 is 1.12 bits per heavy atom. The monoisotopic (exact) mass is 359 g/mol. The number of nitrogens with one attached hydrogen (secondary N) is 2. The van der Waals surface area contributed by atoms with Crippen molar-refractivity contribution in [1.82, 2.24) is 10.2 Å². The van der Waals surface area contributed by atoms with Crippen molar-refractivity contribution in [1.29, 1.82) is 0 Å². The van der Waals surface area contributed by atoms with E-state index < -0.39 is 5.97 Å². The third kappa shape index (κ3) is 4.74. The van der Waals surface area contributed by atoms with Crippen LogP contribution in [0, 0.1) is 5.92 Å². The molecule has 1 aromatic rings. The first-order chi connectivity index (χ1) is 12.5. The molecule has 3 amide bonds. The number of carbonyl (C=O) groups excluding carboxylic acids is 2. The lowest BCUT2D eigenvalue weighted by molar-refractivity contribution is -0.142. The van der Waals surface area contributed by atoms with Crippen LogP contribution in [0.15, 0.2) is 24.3 Å². The summed E-state index contributed by atoms with van der Waals surface area (Å²) in [6.45, 7) is 1.42. The maximum absolute atomic E-state index is 12.1. The molecule has 3 N–H and O–H groups in total. The maximum atomic E-state index is 12.1. The number of anilines is 1. The van der Waals surface area contributed by atoms with E-state index in [1.807, 2.05) is 29.2 Å². The minimum absolute atomic E-state index is 0.0195. The number of aliphatic carboxylic acids is 1. The van der Waals surface area contributed by atoms with Gasteiger partial charge in [0.1, 0.15) is 0 Å². The van der Waals surface area contributed by atoms with Crippen LogP contribution in [0.3, 0.4) is 0 Å². The topological polar surface area (TPSA) is 98.7 Å². The number of rotatable bonds is 5. The molecular weight excluding hydrogens is 334 g/mol. The zero-order valence-corrected chi connectivity index (χ0v) is 14.7. The molecule has 1 saturated heterocycles. The summed E-state index contributed by atoms with van der Waals surface area (Å²) in [5.74, 6) is -0.834. The van der Waals surface area contributed by atoms with Crippen LogP contribution in [0.2, 0.25) is 0 Å². The molecule has 1 saturated carbocycles. The first kappa shape index (κ1) is 18.2. The molecule has 2 fully saturated rings. The molecule has 1 aliphatic carbocycles. The second-order valence-electron chi connectivity index (χ2n) is 7.10. The Labute approximate surface area is 152 Å². The lowest BCUT2D eigenvalue weighted by atomic mass is 9.86. The highest BCUT2D eigenvalue weighted by molar-refractivity contribution is 5.89. The summed E-state index contributed by atoms with van der Waals surface area (Å²) in [6.07, 6.45) is 4.13. The van der Waals surface area contributed by atoms with E-state index in [9.17, 15) is 14.4 Å². The Hall–Kier alpha value is -2.57. The van der Waals surface area contributed by atoms with Crippen LogP contribution in [-0.4, -0.2) is 40.5 Å². The second-order valence-corrected chi connectivity index (χ2v) is 7.10. The average molecular weight is 359 g/mol. The van der Waals surface area contributed by atoms with E-state index in [1.54, 1.807) is 0 Å². The third-order valence-corrected chi connectivity index (χ3v) is 5.17. The largest absolute Gasteiger partial charge is 0.481 e. The van der Waals surface area contributed by atoms with Crippen molar-refractivity contribution < 1.29 is 19.5 Å². The second kappa shape index (κ2) is 8.21. The molecule has 1 heterocycles. The molecule has 0 aromatic heterocycles. The fraction of sp³-hybridized carbons (Fsp3) is 0.526. The van der Waals surface area contributed by atoms with Gasteiger partial charge in [0.05, 0.1) is 5.92 Å². The molecule has 2 aliphatic rings. The number of carboxylic acids is 1. The summed E-state index contributed by atoms with van der Waals surface area (Å²) in [5.41, 5.74) is 1.73. The molecule has 0 atom stereocenters. The molecule has 140 valence electrons. The van der Waals surface area contributed by atoms with Gasteiger partial charge in [0.25, 0.3) is 0 Å². The van der Waals surface area contributed by atoms with Gasteiger partial charge in [-0.25, -0.2) is 4.79 Å². The first-order valence-electron chi connectivity index (χ1n) is 9.18. The lowest BCUT2D eigenvalue weighted by Gasteiger charge is -2.26. The highest BCUT2D eigenvalue weighted by Crippen LogP contribution is 2.24. The molecule has 0 bridgehead atoms. The van der Waals surface area contributed by atoms with Gasteiger partial charge in [0.15, 0.2) is 0 Å². The lowest BCUT2D eigenvalue weighted by Crippen LogP contribution is -2.40. The number of likely N-dealkylation sites (tertiary alicyclic amines) is 1. The molecule has 3 rings (SSSR count). The van der Waals surface area contributed by atoms with Crippen LogP contribution in [-0.2, 0) is 16.1 Å². The van der Waals surface area contributed by atoms with Gasteiger partial charge in [-0.2, -0.15) is 0 Å². The molecule has 7 nitrogen and oxygen atoms in total. The third-order valence-electron chi connectivity index (χ3n) is 5.17. The Kier molecular flexibility index (Phi) is 5.75. The minimum atomic E-state index is -0.747. The number of urea groups is 1. The molecule has 1 aliphatic heterocycles. The van der Waals surface area contributed by atoms with E-state index >= 15 is 0 Å². The summed E-state index contributed by atoms with van der Waals surface area (Å²) in [5, 5.41) is 14.7. The number of hydrogen-bond donors (Lipinski definition) is 3. The highest BCUT2D eigenvalue weighted by atomic mass is 16.4. The SMILES string of the molecule is O=C(Nc1ccc(CN2CCCC2=O)cc1)NC1CCC(C(=O)O)CC1. The molecule has 0 radical (unpaired) electrons. The van der Waals surface area contributed by atoms with E-state index in [2.05, 4.69) is 10.6 Å². The van der Waals surface area contributed by atoms with Gasteiger partial charge in [-0.15, -0.1) is 0 Å². The van der Waals surface area contributed by atoms with Gasteiger partial charge in [-0.3, -0.25) is 9.59 Å². The van der Waals surface area contributed by atoms with Crippen molar-refractivity contribution >= 4 is 23.6 Å². The number of nitrogens with zero attached hydrogens (tertiary/aromatic N) is 1. The van der Waals surface area contributed by atoms with Crippen molar-refractivity contribution in [2.75, 3.05) is 11.9 Å². The predicted molar refractivity (Wildman–Crippen MR) is 96.6 cm³/mol. The fourth-order valence-corrected chi connectivity index (χ4v) is 3.62. The summed E-state index contributed by atoms with van der Waals surface area (Å²) in [7, 11) is 0. The van der Waals surface area contributed by atoms with Crippen LogP contribution in [0.1, 0.15) is 44.1 Å². The smallest absolute Gasteiger partial charge is 0.319 e. The van der Waals surface area contributed by atoms with Crippen LogP contribution in [0.4, 0.5) is 10.5 Å². The zero-order valence-electron chi connectivity index (χ0n) is 14.7. The van der Waals surface area contributed by atoms with Gasteiger partial charge < -0.3 is 20.6 Å². The van der Waals surface area contributed by atoms with Gasteiger partial charge >= 0.3 is 12.0 Å². The molecule has 1 aromatic carbocycles. The van der Waals surface area contributed by atoms with Gasteiger partial charge in [-0.05, 0) is 49.8 Å².